The maximum atomic E-state index is 13.8. The van der Waals surface area contributed by atoms with Crippen molar-refractivity contribution in [1.82, 2.24) is 25.5 Å². The Hall–Kier alpha value is -8.00. The Morgan fingerprint density at radius 1 is 0.664 bits per heavy atom. The number of carboxylic acid groups (broad SMARTS) is 2. The van der Waals surface area contributed by atoms with E-state index in [2.05, 4.69) is 38.6 Å². The molecule has 0 bridgehead atoms. The Labute approximate surface area is 664 Å². The first-order valence-corrected chi connectivity index (χ1v) is 46.6. The fraction of sp³-hybridized carbons (Fsp3) is 0.446. The standard InChI is InChI=1S/C65H87N8O35P3S5/c1-40(16-9-7-10-17-41(2)72(30-15-33-112(89,90)91)53-24-20-47-49(43(53)4)35-45(114(95,96)97)37-57(47)116(101,102)103)71(52-23-19-46-48(42(52)3)34-44(113(92,93)94)36-56(46)115(98,99)100)29-13-8-11-18-59(75)68-51(22-26-62(78)79)64(81)69-50(21-25-61(76)77)63(80)67-28-12-5-6-14-32-104-109(83,84)107-111(87,88)108-110(85,86)105-39-55-54(74)38-60(106-55)73-31-27-58(66)70-65(73)82/h7,9-10,16-17,19-20,23-24,27,31,34-37,50-51,54-55,60,74H,5-6,8,11-15,18,21-22,25-26,28-30,32-33,38-39H2,1-4H3,(H14-,66,67,68,69,70,75,76,77,78,79,80,81,82,83,84,85,86,87,88,89,90,91,92,93,94,95,96,97,98,99,100,101,102,103)/p+1/t50?,51?,54-,55-,60-/m1/s1. The number of allylic oxidation sites excluding steroid dienone is 6. The van der Waals surface area contributed by atoms with Crippen molar-refractivity contribution in [3.63, 3.8) is 0 Å². The molecule has 1 aromatic heterocycles. The fourth-order valence-corrected chi connectivity index (χ4v) is 18.7. The average Bonchev–Trinajstić information content (AvgIpc) is 0.890. The lowest BCUT2D eigenvalue weighted by atomic mass is 10.0. The third-order valence-corrected chi connectivity index (χ3v) is 26.1. The van der Waals surface area contributed by atoms with Crippen LogP contribution in [0, 0.1) is 13.8 Å². The van der Waals surface area contributed by atoms with Gasteiger partial charge in [-0.2, -0.15) is 60.3 Å². The number of carboxylic acids is 2. The molecule has 5 aromatic rings. The number of nitrogens with one attached hydrogen (secondary N) is 3. The summed E-state index contributed by atoms with van der Waals surface area (Å²) in [5, 5.41) is 36.4. The molecule has 116 heavy (non-hydrogen) atoms. The van der Waals surface area contributed by atoms with Crippen molar-refractivity contribution >= 4 is 148 Å². The number of phosphoric ester groups is 2. The smallest absolute Gasteiger partial charge is 0.481 e. The number of nitrogens with zero attached hydrogens (tertiary/aromatic N) is 4. The number of carbonyl (C=O) groups is 5. The zero-order valence-corrected chi connectivity index (χ0v) is 68.9. The van der Waals surface area contributed by atoms with Crippen LogP contribution in [0.3, 0.4) is 0 Å². The van der Waals surface area contributed by atoms with Crippen molar-refractivity contribution < 1.29 is 160 Å². The summed E-state index contributed by atoms with van der Waals surface area (Å²) >= 11 is 0. The van der Waals surface area contributed by atoms with E-state index >= 15 is 0 Å². The first-order valence-electron chi connectivity index (χ1n) is 34.8. The number of nitrogens with two attached hydrogens (primary N) is 1. The van der Waals surface area contributed by atoms with Crippen LogP contribution in [0.25, 0.3) is 21.5 Å². The van der Waals surface area contributed by atoms with Crippen LogP contribution in [-0.2, 0) is 111 Å². The highest BCUT2D eigenvalue weighted by Crippen LogP contribution is 2.68. The summed E-state index contributed by atoms with van der Waals surface area (Å²) in [5.74, 6) is -6.25. The van der Waals surface area contributed by atoms with E-state index in [9.17, 15) is 137 Å². The molecule has 1 fully saturated rings. The van der Waals surface area contributed by atoms with Gasteiger partial charge in [0.15, 0.2) is 5.71 Å². The van der Waals surface area contributed by atoms with Gasteiger partial charge in [0.25, 0.3) is 50.6 Å². The Bertz CT molecular complexity index is 5490. The van der Waals surface area contributed by atoms with E-state index in [1.54, 1.807) is 53.7 Å². The summed E-state index contributed by atoms with van der Waals surface area (Å²) in [6.07, 6.45) is 3.40. The molecule has 2 heterocycles. The number of hydrogen-bond acceptors (Lipinski definition) is 28. The number of aliphatic hydroxyl groups is 1. The van der Waals surface area contributed by atoms with Gasteiger partial charge in [-0.05, 0) is 124 Å². The second-order valence-electron chi connectivity index (χ2n) is 26.2. The molecule has 3 amide bonds. The van der Waals surface area contributed by atoms with Gasteiger partial charge in [-0.1, -0.05) is 43.6 Å². The largest absolute Gasteiger partial charge is 0.490 e. The van der Waals surface area contributed by atoms with Gasteiger partial charge < -0.3 is 61.3 Å². The lowest BCUT2D eigenvalue weighted by Gasteiger charge is -2.28. The van der Waals surface area contributed by atoms with Gasteiger partial charge in [-0.15, -0.1) is 0 Å². The number of aromatic nitrogens is 2. The number of fused-ring (bicyclic) bond motifs is 2. The van der Waals surface area contributed by atoms with Gasteiger partial charge >= 0.3 is 41.1 Å². The lowest BCUT2D eigenvalue weighted by Crippen LogP contribution is -2.54. The number of aryl methyl sites for hydroxylation is 2. The molecule has 8 atom stereocenters. The van der Waals surface area contributed by atoms with Gasteiger partial charge in [0.2, 0.25) is 23.4 Å². The van der Waals surface area contributed by atoms with Crippen molar-refractivity contribution in [3.05, 3.63) is 118 Å². The van der Waals surface area contributed by atoms with Gasteiger partial charge in [0.1, 0.15) is 46.6 Å². The number of anilines is 2. The molecule has 43 nitrogen and oxygen atoms in total. The molecule has 1 saturated heterocycles. The van der Waals surface area contributed by atoms with Gasteiger partial charge in [0.05, 0.1) is 34.9 Å². The van der Waals surface area contributed by atoms with Crippen LogP contribution in [0.15, 0.2) is 121 Å². The Morgan fingerprint density at radius 3 is 1.78 bits per heavy atom. The second-order valence-corrected chi connectivity index (χ2v) is 38.1. The molecule has 0 aliphatic carbocycles. The minimum absolute atomic E-state index is 0.0290. The van der Waals surface area contributed by atoms with E-state index in [1.807, 2.05) is 0 Å². The molecule has 1 aliphatic rings. The van der Waals surface area contributed by atoms with Gasteiger partial charge in [-0.25, -0.2) is 18.5 Å². The number of hydrogen-bond donors (Lipinski definition) is 15. The van der Waals surface area contributed by atoms with Crippen LogP contribution < -0.4 is 32.3 Å². The maximum absolute atomic E-state index is 13.8. The number of amides is 3. The molecule has 5 unspecified atom stereocenters. The molecule has 16 N–H and O–H groups in total. The topological polar surface area (TPSA) is 679 Å². The highest BCUT2D eigenvalue weighted by Gasteiger charge is 2.44. The summed E-state index contributed by atoms with van der Waals surface area (Å²) in [5.41, 5.74) is 6.55. The van der Waals surface area contributed by atoms with Crippen molar-refractivity contribution in [3.8, 4) is 0 Å². The first kappa shape index (κ1) is 96.8. The first-order chi connectivity index (χ1) is 53.7. The minimum atomic E-state index is -5.92. The average molecular weight is 1790 g/mol. The molecule has 4 aromatic carbocycles. The quantitative estimate of drug-likeness (QED) is 0.00587. The zero-order chi connectivity index (χ0) is 86.9. The fourth-order valence-electron chi connectivity index (χ4n) is 12.0. The number of phosphoric acid groups is 3. The second kappa shape index (κ2) is 41.1. The summed E-state index contributed by atoms with van der Waals surface area (Å²) in [6.45, 7) is 4.54. The summed E-state index contributed by atoms with van der Waals surface area (Å²) in [4.78, 5) is 108. The minimum Gasteiger partial charge on any atom is -0.481 e. The Kier molecular flexibility index (Phi) is 34.3. The molecular formula is C65H88N8O35P3S5+. The Balaban J connectivity index is 1.09. The van der Waals surface area contributed by atoms with E-state index in [0.717, 1.165) is 16.7 Å². The van der Waals surface area contributed by atoms with Crippen LogP contribution >= 0.6 is 23.5 Å². The number of rotatable bonds is 46. The maximum Gasteiger partial charge on any atom is 0.490 e. The number of nitrogen functional groups attached to an aromatic ring is 1. The van der Waals surface area contributed by atoms with E-state index in [0.29, 0.717) is 29.2 Å². The van der Waals surface area contributed by atoms with E-state index in [1.165, 1.54) is 50.4 Å². The third-order valence-electron chi connectivity index (χ3n) is 17.6. The van der Waals surface area contributed by atoms with Crippen molar-refractivity contribution in [1.29, 1.82) is 0 Å². The van der Waals surface area contributed by atoms with Crippen molar-refractivity contribution in [2.45, 2.75) is 168 Å². The summed E-state index contributed by atoms with van der Waals surface area (Å²) in [7, 11) is -41.8. The number of unbranched alkanes of at least 4 members (excludes halogenated alkanes) is 5. The molecule has 0 radical (unpaired) electrons. The third kappa shape index (κ3) is 29.8. The predicted molar refractivity (Wildman–Crippen MR) is 411 cm³/mol. The lowest BCUT2D eigenvalue weighted by molar-refractivity contribution is -0.440. The van der Waals surface area contributed by atoms with Crippen molar-refractivity contribution in [2.75, 3.05) is 49.2 Å². The summed E-state index contributed by atoms with van der Waals surface area (Å²) < 4.78 is 236. The number of ether oxygens (including phenoxy) is 1. The van der Waals surface area contributed by atoms with Crippen molar-refractivity contribution in [2.24, 2.45) is 0 Å². The number of aliphatic carboxylic acids is 2. The van der Waals surface area contributed by atoms with Crippen LogP contribution in [-0.4, -0.2) is 207 Å². The highest BCUT2D eigenvalue weighted by molar-refractivity contribution is 7.87. The van der Waals surface area contributed by atoms with Crippen LogP contribution in [0.2, 0.25) is 0 Å². The van der Waals surface area contributed by atoms with Crippen LogP contribution in [0.1, 0.15) is 121 Å². The van der Waals surface area contributed by atoms with Gasteiger partial charge in [-0.3, -0.25) is 60.4 Å². The number of carbonyl (C=O) groups excluding carboxylic acids is 3. The number of aliphatic hydroxyl groups excluding tert-OH is 1. The molecule has 6 rings (SSSR count). The molecular weight excluding hydrogens is 1710 g/mol. The molecule has 1 aliphatic heterocycles. The molecule has 0 saturated carbocycles. The monoisotopic (exact) mass is 1790 g/mol. The summed E-state index contributed by atoms with van der Waals surface area (Å²) in [6, 6.07) is 6.71. The highest BCUT2D eigenvalue weighted by atomic mass is 32.2. The molecule has 0 spiro atoms. The normalized spacial score (nSPS) is 17.6. The van der Waals surface area contributed by atoms with Gasteiger partial charge in [0, 0.05) is 98.2 Å². The predicted octanol–water partition coefficient (Wildman–Crippen LogP) is 5.29. The number of benzene rings is 4. The van der Waals surface area contributed by atoms with E-state index < -0.39 is 204 Å². The molecule has 51 heteroatoms. The van der Waals surface area contributed by atoms with E-state index in [4.69, 9.17) is 10.5 Å². The van der Waals surface area contributed by atoms with Crippen LogP contribution in [0.5, 0.6) is 0 Å². The SMILES string of the molecule is CC(/C=C/C=C/C=C(\C)N(CCCCCC(=O)NC(CCC(=O)O)C(=O)NC(CCC(=O)O)C(=O)NCCCCCCOP(=O)(O)OP(=O)(O)OP(=O)(O)OC[C@H]1O[C@@H](n2ccc(N)nc2=O)C[C@H]1O)c1ccc2c(S(=O)(=O)O)cc(S(=O)(=O)O)cc2c1C)=[N+](CCCS(=O)(=O)O)c1ccc2c(S(=O)(=O)O)cc(S(=O)(=O)O)cc2c1C. The molecule has 642 valence electrons. The Morgan fingerprint density at radius 2 is 1.22 bits per heavy atom. The zero-order valence-electron chi connectivity index (χ0n) is 62.2. The van der Waals surface area contributed by atoms with E-state index in [-0.39, 0.29) is 128 Å². The van der Waals surface area contributed by atoms with Crippen LogP contribution in [0.4, 0.5) is 17.2 Å².